The Kier molecular flexibility index (Phi) is 13.4. The molecule has 0 amide bonds. The number of hydrogen-bond donors (Lipinski definition) is 0. The predicted octanol–water partition coefficient (Wildman–Crippen LogP) is 4.82. The Morgan fingerprint density at radius 2 is 0.778 bits per heavy atom. The van der Waals surface area contributed by atoms with Gasteiger partial charge in [0.05, 0.1) is 0 Å². The van der Waals surface area contributed by atoms with Crippen molar-refractivity contribution >= 4 is 64.3 Å². The maximum atomic E-state index is 5.04. The van der Waals surface area contributed by atoms with Crippen LogP contribution in [0.3, 0.4) is 0 Å². The third-order valence-corrected chi connectivity index (χ3v) is 0. The summed E-state index contributed by atoms with van der Waals surface area (Å²) in [5.74, 6) is 0. The number of hydrogen-bond acceptors (Lipinski definition) is 0. The van der Waals surface area contributed by atoms with E-state index < -0.39 is 26.7 Å². The van der Waals surface area contributed by atoms with Crippen molar-refractivity contribution in [3.8, 4) is 0 Å². The number of rotatable bonds is 0. The standard InChI is InChI=1S/7ClH.Fe.Zr/h7*1H;;/q;;;;;;;+3;+4/p-7. The Labute approximate surface area is 89.2 Å². The zero-order chi connectivity index (χ0) is 8.08. The fourth-order valence-corrected chi connectivity index (χ4v) is 0. The maximum absolute atomic E-state index is 5.04. The molecule has 0 nitrogen and oxygen atoms in total. The van der Waals surface area contributed by atoms with Crippen LogP contribution in [-0.4, -0.2) is 0 Å². The van der Waals surface area contributed by atoms with Crippen molar-refractivity contribution in [1.82, 2.24) is 0 Å². The van der Waals surface area contributed by atoms with E-state index in [1.807, 2.05) is 0 Å². The second kappa shape index (κ2) is 8.05. The molecule has 0 spiro atoms. The molecule has 0 saturated heterocycles. The Morgan fingerprint density at radius 3 is 0.778 bits per heavy atom. The monoisotopic (exact) mass is 391 g/mol. The van der Waals surface area contributed by atoms with Gasteiger partial charge < -0.3 is 0 Å². The first-order chi connectivity index (χ1) is 3.73. The molecular weight excluding hydrogens is 395 g/mol. The minimum absolute atomic E-state index is 1.33. The van der Waals surface area contributed by atoms with Crippen molar-refractivity contribution < 1.29 is 26.7 Å². The van der Waals surface area contributed by atoms with Gasteiger partial charge in [0, 0.05) is 0 Å². The van der Waals surface area contributed by atoms with E-state index in [2.05, 4.69) is 0 Å². The molecule has 0 rings (SSSR count). The van der Waals surface area contributed by atoms with Gasteiger partial charge in [-0.15, -0.1) is 0 Å². The average molecular weight is 395 g/mol. The molecule has 0 radical (unpaired) electrons. The van der Waals surface area contributed by atoms with E-state index in [0.717, 1.165) is 0 Å². The first-order valence-electron chi connectivity index (χ1n) is 1.16. The summed E-state index contributed by atoms with van der Waals surface area (Å²) in [6.45, 7) is 0. The summed E-state index contributed by atoms with van der Waals surface area (Å²) in [6.07, 6.45) is 0. The minimum atomic E-state index is -3.29. The fourth-order valence-electron chi connectivity index (χ4n) is 0. The van der Waals surface area contributed by atoms with Gasteiger partial charge in [-0.1, -0.05) is 0 Å². The van der Waals surface area contributed by atoms with E-state index in [1.54, 1.807) is 0 Å². The van der Waals surface area contributed by atoms with E-state index in [0.29, 0.717) is 0 Å². The topological polar surface area (TPSA) is 0 Å². The second-order valence-corrected chi connectivity index (χ2v) is 28.4. The molecule has 0 heterocycles. The van der Waals surface area contributed by atoms with Crippen LogP contribution in [0.25, 0.3) is 0 Å². The van der Waals surface area contributed by atoms with Crippen molar-refractivity contribution in [2.24, 2.45) is 0 Å². The summed E-state index contributed by atoms with van der Waals surface area (Å²) in [7, 11) is 34.8. The van der Waals surface area contributed by atoms with Crippen LogP contribution in [0.2, 0.25) is 0 Å². The van der Waals surface area contributed by atoms with Crippen LogP contribution in [0.5, 0.6) is 0 Å². The van der Waals surface area contributed by atoms with Crippen LogP contribution in [0.15, 0.2) is 0 Å². The zero-order valence-electron chi connectivity index (χ0n) is 3.50. The van der Waals surface area contributed by atoms with Crippen molar-refractivity contribution in [2.75, 3.05) is 0 Å². The molecule has 0 bridgehead atoms. The normalized spacial score (nSPS) is 11.7. The van der Waals surface area contributed by atoms with E-state index in [1.165, 1.54) is 0 Å². The van der Waals surface area contributed by atoms with Gasteiger partial charge in [-0.2, -0.15) is 0 Å². The van der Waals surface area contributed by atoms with Gasteiger partial charge in [0.2, 0.25) is 0 Å². The van der Waals surface area contributed by atoms with Gasteiger partial charge in [0.25, 0.3) is 0 Å². The molecule has 0 aromatic rings. The van der Waals surface area contributed by atoms with Gasteiger partial charge in [-0.25, -0.2) is 0 Å². The Balaban J connectivity index is 0. The molecular formula is Cl7FeZr. The van der Waals surface area contributed by atoms with Crippen molar-refractivity contribution in [1.29, 1.82) is 0 Å². The summed E-state index contributed by atoms with van der Waals surface area (Å²) in [5, 5.41) is 0. The summed E-state index contributed by atoms with van der Waals surface area (Å²) in [6, 6.07) is 0. The zero-order valence-corrected chi connectivity index (χ0v) is 12.4. The van der Waals surface area contributed by atoms with Gasteiger partial charge in [-0.3, -0.25) is 0 Å². The van der Waals surface area contributed by atoms with Crippen LogP contribution >= 0.6 is 64.3 Å². The summed E-state index contributed by atoms with van der Waals surface area (Å²) in [4.78, 5) is 0. The van der Waals surface area contributed by atoms with Crippen LogP contribution < -0.4 is 0 Å². The SMILES string of the molecule is [Cl][Fe]([Cl])[Cl].[Cl][Zr]([Cl])([Cl])[Cl]. The van der Waals surface area contributed by atoms with Crippen LogP contribution in [0.4, 0.5) is 0 Å². The molecule has 0 aromatic heterocycles. The first kappa shape index (κ1) is 14.9. The molecule has 61 valence electrons. The van der Waals surface area contributed by atoms with E-state index in [-0.39, 0.29) is 0 Å². The van der Waals surface area contributed by atoms with Crippen molar-refractivity contribution in [2.45, 2.75) is 0 Å². The third-order valence-electron chi connectivity index (χ3n) is 0. The van der Waals surface area contributed by atoms with E-state index in [4.69, 9.17) is 64.3 Å². The summed E-state index contributed by atoms with van der Waals surface area (Å²) < 4.78 is 0. The quantitative estimate of drug-likeness (QED) is 0.516. The molecule has 0 unspecified atom stereocenters. The second-order valence-electron chi connectivity index (χ2n) is 0.580. The molecule has 0 aliphatic rings. The molecule has 0 atom stereocenters. The Bertz CT molecular complexity index is 45.7. The van der Waals surface area contributed by atoms with E-state index >= 15 is 0 Å². The van der Waals surface area contributed by atoms with Crippen LogP contribution in [0.1, 0.15) is 0 Å². The van der Waals surface area contributed by atoms with Gasteiger partial charge in [-0.05, 0) is 0 Å². The molecule has 0 N–H and O–H groups in total. The fraction of sp³-hybridized carbons (Fsp3) is 0. The molecule has 0 aliphatic heterocycles. The first-order valence-corrected chi connectivity index (χ1v) is 18.4. The van der Waals surface area contributed by atoms with Crippen LogP contribution in [-0.2, 0) is 26.7 Å². The Hall–Kier alpha value is 3.43. The summed E-state index contributed by atoms with van der Waals surface area (Å²) >= 11 is -4.62. The van der Waals surface area contributed by atoms with Gasteiger partial charge in [0.15, 0.2) is 0 Å². The van der Waals surface area contributed by atoms with Crippen molar-refractivity contribution in [3.05, 3.63) is 0 Å². The molecule has 0 aromatic carbocycles. The third kappa shape index (κ3) is 86.3. The average Bonchev–Trinajstić information content (AvgIpc) is 1.19. The Morgan fingerprint density at radius 1 is 0.778 bits per heavy atom. The van der Waals surface area contributed by atoms with Crippen molar-refractivity contribution in [3.63, 3.8) is 0 Å². The summed E-state index contributed by atoms with van der Waals surface area (Å²) in [5.41, 5.74) is 0. The molecule has 0 saturated carbocycles. The van der Waals surface area contributed by atoms with Crippen LogP contribution in [0, 0.1) is 0 Å². The van der Waals surface area contributed by atoms with E-state index in [9.17, 15) is 0 Å². The molecule has 9 heavy (non-hydrogen) atoms. The molecule has 9 heteroatoms. The van der Waals surface area contributed by atoms with Gasteiger partial charge >= 0.3 is 91.0 Å². The molecule has 0 aliphatic carbocycles. The number of halogens is 7. The molecule has 0 fully saturated rings. The van der Waals surface area contributed by atoms with Gasteiger partial charge in [0.1, 0.15) is 0 Å². The predicted molar refractivity (Wildman–Crippen MR) is 41.0 cm³/mol.